The summed E-state index contributed by atoms with van der Waals surface area (Å²) in [5, 5.41) is 0. The van der Waals surface area contributed by atoms with Crippen LogP contribution in [0.3, 0.4) is 0 Å². The van der Waals surface area contributed by atoms with E-state index in [9.17, 15) is 4.39 Å². The van der Waals surface area contributed by atoms with Crippen LogP contribution in [0.4, 0.5) is 15.9 Å². The number of aliphatic imine (C=N–C) groups is 1. The molecular weight excluding hydrogens is 273 g/mol. The molecule has 0 aliphatic heterocycles. The lowest BCUT2D eigenvalue weighted by Gasteiger charge is -2.06. The minimum absolute atomic E-state index is 0.0599. The summed E-state index contributed by atoms with van der Waals surface area (Å²) >= 11 is 0. The van der Waals surface area contributed by atoms with Crippen molar-refractivity contribution in [1.82, 2.24) is 14.9 Å². The first-order valence-corrected chi connectivity index (χ1v) is 6.25. The second kappa shape index (κ2) is 6.65. The molecule has 1 aromatic heterocycles. The van der Waals surface area contributed by atoms with Gasteiger partial charge in [-0.1, -0.05) is 12.1 Å². The van der Waals surface area contributed by atoms with Crippen molar-refractivity contribution in [3.63, 3.8) is 0 Å². The molecule has 0 aliphatic carbocycles. The van der Waals surface area contributed by atoms with E-state index in [1.807, 2.05) is 12.1 Å². The van der Waals surface area contributed by atoms with Gasteiger partial charge in [0.15, 0.2) is 11.6 Å². The Morgan fingerprint density at radius 3 is 2.95 bits per heavy atom. The van der Waals surface area contributed by atoms with Gasteiger partial charge in [-0.2, -0.15) is 4.98 Å². The summed E-state index contributed by atoms with van der Waals surface area (Å²) in [5.41, 5.74) is 7.20. The molecule has 0 fully saturated rings. The molecular formula is C14H16FN5O. The quantitative estimate of drug-likeness (QED) is 0.517. The highest BCUT2D eigenvalue weighted by molar-refractivity contribution is 5.59. The smallest absolute Gasteiger partial charge is 0.318 e. The fourth-order valence-electron chi connectivity index (χ4n) is 1.50. The average molecular weight is 289 g/mol. The number of hydrogen-bond donors (Lipinski definition) is 1. The van der Waals surface area contributed by atoms with Gasteiger partial charge in [0.05, 0.1) is 12.5 Å². The van der Waals surface area contributed by atoms with Gasteiger partial charge in [-0.3, -0.25) is 0 Å². The van der Waals surface area contributed by atoms with Crippen molar-refractivity contribution in [2.24, 2.45) is 4.99 Å². The summed E-state index contributed by atoms with van der Waals surface area (Å²) in [6.45, 7) is 0.244. The molecule has 0 saturated carbocycles. The van der Waals surface area contributed by atoms with Gasteiger partial charge in [0.2, 0.25) is 0 Å². The topological polar surface area (TPSA) is 76.6 Å². The number of nitrogens with two attached hydrogens (primary N) is 1. The fraction of sp³-hybridized carbons (Fsp3) is 0.214. The van der Waals surface area contributed by atoms with Crippen LogP contribution in [0, 0.1) is 5.82 Å². The molecule has 1 aromatic carbocycles. The van der Waals surface area contributed by atoms with E-state index in [0.717, 1.165) is 11.8 Å². The number of benzene rings is 1. The maximum absolute atomic E-state index is 13.5. The van der Waals surface area contributed by atoms with Crippen molar-refractivity contribution in [3.8, 4) is 6.01 Å². The van der Waals surface area contributed by atoms with Gasteiger partial charge in [0, 0.05) is 19.8 Å². The number of nitrogens with zero attached hydrogens (tertiary/aromatic N) is 4. The number of ether oxygens (including phenoxy) is 1. The van der Waals surface area contributed by atoms with Crippen LogP contribution in [0.2, 0.25) is 0 Å². The third-order valence-corrected chi connectivity index (χ3v) is 2.43. The van der Waals surface area contributed by atoms with Crippen molar-refractivity contribution in [3.05, 3.63) is 41.8 Å². The van der Waals surface area contributed by atoms with Crippen molar-refractivity contribution >= 4 is 17.8 Å². The van der Waals surface area contributed by atoms with Gasteiger partial charge in [-0.25, -0.2) is 14.4 Å². The lowest BCUT2D eigenvalue weighted by Crippen LogP contribution is -2.07. The molecule has 21 heavy (non-hydrogen) atoms. The summed E-state index contributed by atoms with van der Waals surface area (Å²) in [6.07, 6.45) is 2.48. The van der Waals surface area contributed by atoms with Crippen molar-refractivity contribution in [1.29, 1.82) is 0 Å². The molecule has 2 aromatic rings. The van der Waals surface area contributed by atoms with Crippen LogP contribution in [0.15, 0.2) is 35.5 Å². The minimum atomic E-state index is -0.607. The van der Waals surface area contributed by atoms with Crippen LogP contribution >= 0.6 is 0 Å². The number of hydrogen-bond acceptors (Lipinski definition) is 5. The minimum Gasteiger partial charge on any atom is -0.459 e. The Labute approximate surface area is 122 Å². The molecule has 6 nitrogen and oxygen atoms in total. The highest BCUT2D eigenvalue weighted by Gasteiger charge is 2.07. The van der Waals surface area contributed by atoms with Gasteiger partial charge in [-0.15, -0.1) is 0 Å². The molecule has 0 spiro atoms. The third kappa shape index (κ3) is 4.41. The molecule has 0 amide bonds. The summed E-state index contributed by atoms with van der Waals surface area (Å²) in [5.74, 6) is -0.675. The van der Waals surface area contributed by atoms with E-state index < -0.39 is 5.82 Å². The first-order chi connectivity index (χ1) is 10.0. The summed E-state index contributed by atoms with van der Waals surface area (Å²) in [7, 11) is 3.56. The number of aromatic nitrogens is 2. The molecule has 0 radical (unpaired) electrons. The van der Waals surface area contributed by atoms with Crippen LogP contribution in [0.1, 0.15) is 5.56 Å². The summed E-state index contributed by atoms with van der Waals surface area (Å²) in [4.78, 5) is 13.3. The normalized spacial score (nSPS) is 10.8. The van der Waals surface area contributed by atoms with Crippen LogP contribution in [-0.4, -0.2) is 35.3 Å². The van der Waals surface area contributed by atoms with E-state index >= 15 is 0 Å². The largest absolute Gasteiger partial charge is 0.459 e. The van der Waals surface area contributed by atoms with Crippen LogP contribution in [-0.2, 0) is 6.61 Å². The van der Waals surface area contributed by atoms with Crippen molar-refractivity contribution in [2.75, 3.05) is 19.8 Å². The molecule has 2 rings (SSSR count). The Kier molecular flexibility index (Phi) is 4.65. The number of anilines is 1. The monoisotopic (exact) mass is 289 g/mol. The zero-order valence-corrected chi connectivity index (χ0v) is 11.8. The second-order valence-electron chi connectivity index (χ2n) is 4.57. The van der Waals surface area contributed by atoms with Gasteiger partial charge >= 0.3 is 6.01 Å². The van der Waals surface area contributed by atoms with E-state index in [0.29, 0.717) is 5.69 Å². The van der Waals surface area contributed by atoms with Gasteiger partial charge in [-0.05, 0) is 17.7 Å². The Morgan fingerprint density at radius 1 is 1.43 bits per heavy atom. The number of rotatable bonds is 5. The molecule has 1 heterocycles. The number of nitrogen functional groups attached to an aromatic ring is 1. The molecule has 0 saturated heterocycles. The maximum atomic E-state index is 13.5. The average Bonchev–Trinajstić information content (AvgIpc) is 2.45. The van der Waals surface area contributed by atoms with Crippen LogP contribution in [0.5, 0.6) is 6.01 Å². The Balaban J connectivity index is 2.08. The first-order valence-electron chi connectivity index (χ1n) is 6.25. The lowest BCUT2D eigenvalue weighted by molar-refractivity contribution is 0.280. The fourth-order valence-corrected chi connectivity index (χ4v) is 1.50. The predicted molar refractivity (Wildman–Crippen MR) is 79.0 cm³/mol. The summed E-state index contributed by atoms with van der Waals surface area (Å²) < 4.78 is 18.9. The molecule has 7 heteroatoms. The molecule has 0 unspecified atom stereocenters. The zero-order chi connectivity index (χ0) is 15.2. The Hall–Kier alpha value is -2.70. The zero-order valence-electron chi connectivity index (χ0n) is 11.8. The SMILES string of the molecule is CN(C)/C=N/c1nc(OCc2cccc(N)c2)ncc1F. The number of halogens is 1. The van der Waals surface area contributed by atoms with Crippen molar-refractivity contribution in [2.45, 2.75) is 6.61 Å². The van der Waals surface area contributed by atoms with Crippen LogP contribution in [0.25, 0.3) is 0 Å². The van der Waals surface area contributed by atoms with E-state index in [-0.39, 0.29) is 18.4 Å². The third-order valence-electron chi connectivity index (χ3n) is 2.43. The second-order valence-corrected chi connectivity index (χ2v) is 4.57. The van der Waals surface area contributed by atoms with Gasteiger partial charge < -0.3 is 15.4 Å². The van der Waals surface area contributed by atoms with Gasteiger partial charge in [0.1, 0.15) is 6.61 Å². The Morgan fingerprint density at radius 2 is 2.24 bits per heavy atom. The van der Waals surface area contributed by atoms with Crippen LogP contribution < -0.4 is 10.5 Å². The van der Waals surface area contributed by atoms with Gasteiger partial charge in [0.25, 0.3) is 0 Å². The van der Waals surface area contributed by atoms with E-state index in [1.165, 1.54) is 6.34 Å². The molecule has 0 aliphatic rings. The van der Waals surface area contributed by atoms with E-state index in [2.05, 4.69) is 15.0 Å². The highest BCUT2D eigenvalue weighted by atomic mass is 19.1. The summed E-state index contributed by atoms with van der Waals surface area (Å²) in [6, 6.07) is 7.32. The van der Waals surface area contributed by atoms with E-state index in [4.69, 9.17) is 10.5 Å². The lowest BCUT2D eigenvalue weighted by atomic mass is 10.2. The Bertz CT molecular complexity index is 645. The molecule has 0 bridgehead atoms. The van der Waals surface area contributed by atoms with Crippen molar-refractivity contribution < 1.29 is 9.13 Å². The highest BCUT2D eigenvalue weighted by Crippen LogP contribution is 2.17. The maximum Gasteiger partial charge on any atom is 0.318 e. The molecule has 2 N–H and O–H groups in total. The standard InChI is InChI=1S/C14H16FN5O/c1-20(2)9-18-13-12(15)7-17-14(19-13)21-8-10-4-3-5-11(16)6-10/h3-7,9H,8,16H2,1-2H3/b18-9+. The first kappa shape index (κ1) is 14.7. The van der Waals surface area contributed by atoms with E-state index in [1.54, 1.807) is 31.1 Å². The molecule has 110 valence electrons. The molecule has 0 atom stereocenters. The predicted octanol–water partition coefficient (Wildman–Crippen LogP) is 2.00.